The van der Waals surface area contributed by atoms with Crippen LogP contribution in [0.25, 0.3) is 22.3 Å². The van der Waals surface area contributed by atoms with Gasteiger partial charge in [0.15, 0.2) is 17.3 Å². The van der Waals surface area contributed by atoms with Gasteiger partial charge in [-0.15, -0.1) is 0 Å². The molecule has 3 heterocycles. The van der Waals surface area contributed by atoms with Crippen molar-refractivity contribution in [3.63, 3.8) is 0 Å². The molecule has 1 amide bonds. The van der Waals surface area contributed by atoms with E-state index >= 15 is 0 Å². The van der Waals surface area contributed by atoms with Gasteiger partial charge in [-0.2, -0.15) is 0 Å². The Morgan fingerprint density at radius 2 is 1.85 bits per heavy atom. The standard InChI is InChI=1S/C23H19N3O6S/c1-26(33(2,28)29)22-17(23(27)25-16-7-8-19-21(11-16)31-13-30-19)9-15(12-24-22)20-10-14-5-3-4-6-18(14)32-20/h3-12H,13H2,1-2H3,(H,25,27). The molecule has 0 spiro atoms. The molecular formula is C23H19N3O6S. The largest absolute Gasteiger partial charge is 0.456 e. The third-order valence-corrected chi connectivity index (χ3v) is 6.42. The molecule has 0 unspecified atom stereocenters. The summed E-state index contributed by atoms with van der Waals surface area (Å²) >= 11 is 0. The van der Waals surface area contributed by atoms with Crippen LogP contribution in [-0.2, 0) is 10.0 Å². The first-order chi connectivity index (χ1) is 15.8. The van der Waals surface area contributed by atoms with E-state index in [4.69, 9.17) is 13.9 Å². The number of ether oxygens (including phenoxy) is 2. The number of aromatic nitrogens is 1. The van der Waals surface area contributed by atoms with Gasteiger partial charge in [0.05, 0.1) is 11.8 Å². The molecule has 0 bridgehead atoms. The number of furan rings is 1. The molecule has 33 heavy (non-hydrogen) atoms. The summed E-state index contributed by atoms with van der Waals surface area (Å²) in [5, 5.41) is 3.67. The van der Waals surface area contributed by atoms with Crippen LogP contribution in [-0.4, -0.2) is 39.4 Å². The minimum atomic E-state index is -3.66. The summed E-state index contributed by atoms with van der Waals surface area (Å²) in [4.78, 5) is 17.5. The van der Waals surface area contributed by atoms with Gasteiger partial charge in [0.25, 0.3) is 5.91 Å². The topological polar surface area (TPSA) is 111 Å². The first kappa shape index (κ1) is 20.8. The molecule has 4 aromatic rings. The minimum absolute atomic E-state index is 0.00407. The van der Waals surface area contributed by atoms with E-state index < -0.39 is 15.9 Å². The van der Waals surface area contributed by atoms with E-state index in [-0.39, 0.29) is 18.2 Å². The lowest BCUT2D eigenvalue weighted by molar-refractivity contribution is 0.102. The minimum Gasteiger partial charge on any atom is -0.456 e. The van der Waals surface area contributed by atoms with Crippen molar-refractivity contribution in [2.24, 2.45) is 0 Å². The Hall–Kier alpha value is -4.05. The number of nitrogens with one attached hydrogen (secondary N) is 1. The van der Waals surface area contributed by atoms with Crippen molar-refractivity contribution in [2.75, 3.05) is 29.7 Å². The van der Waals surface area contributed by atoms with E-state index in [0.717, 1.165) is 15.9 Å². The molecule has 1 aliphatic rings. The Bertz CT molecular complexity index is 1460. The second-order valence-electron chi connectivity index (χ2n) is 7.50. The zero-order valence-corrected chi connectivity index (χ0v) is 18.5. The van der Waals surface area contributed by atoms with E-state index in [1.54, 1.807) is 24.3 Å². The highest BCUT2D eigenvalue weighted by atomic mass is 32.2. The lowest BCUT2D eigenvalue weighted by Gasteiger charge is -2.19. The Labute approximate surface area is 189 Å². The Morgan fingerprint density at radius 3 is 2.64 bits per heavy atom. The van der Waals surface area contributed by atoms with Crippen LogP contribution >= 0.6 is 0 Å². The van der Waals surface area contributed by atoms with E-state index in [0.29, 0.717) is 34.1 Å². The van der Waals surface area contributed by atoms with Gasteiger partial charge >= 0.3 is 0 Å². The van der Waals surface area contributed by atoms with Gasteiger partial charge in [-0.25, -0.2) is 13.4 Å². The predicted octanol–water partition coefficient (Wildman–Crippen LogP) is 3.87. The van der Waals surface area contributed by atoms with E-state index in [1.165, 1.54) is 13.2 Å². The highest BCUT2D eigenvalue weighted by molar-refractivity contribution is 7.92. The normalized spacial score (nSPS) is 12.7. The molecule has 168 valence electrons. The number of carbonyl (C=O) groups excluding carboxylic acids is 1. The van der Waals surface area contributed by atoms with Crippen molar-refractivity contribution in [1.29, 1.82) is 0 Å². The van der Waals surface area contributed by atoms with Gasteiger partial charge in [-0.3, -0.25) is 9.10 Å². The van der Waals surface area contributed by atoms with Crippen LogP contribution in [0, 0.1) is 0 Å². The van der Waals surface area contributed by atoms with Crippen molar-refractivity contribution >= 4 is 38.4 Å². The third-order valence-electron chi connectivity index (χ3n) is 5.25. The summed E-state index contributed by atoms with van der Waals surface area (Å²) in [6.07, 6.45) is 2.52. The van der Waals surface area contributed by atoms with Crippen LogP contribution in [0.4, 0.5) is 11.5 Å². The highest BCUT2D eigenvalue weighted by Crippen LogP contribution is 2.35. The molecule has 0 aliphatic carbocycles. The number of nitrogens with zero attached hydrogens (tertiary/aromatic N) is 2. The summed E-state index contributed by atoms with van der Waals surface area (Å²) in [6, 6.07) is 15.9. The van der Waals surface area contributed by atoms with Crippen molar-refractivity contribution in [2.45, 2.75) is 0 Å². The van der Waals surface area contributed by atoms with Crippen molar-refractivity contribution in [1.82, 2.24) is 4.98 Å². The Morgan fingerprint density at radius 1 is 1.06 bits per heavy atom. The number of anilines is 2. The number of amides is 1. The first-order valence-corrected chi connectivity index (χ1v) is 11.8. The highest BCUT2D eigenvalue weighted by Gasteiger charge is 2.24. The van der Waals surface area contributed by atoms with Gasteiger partial charge < -0.3 is 19.2 Å². The summed E-state index contributed by atoms with van der Waals surface area (Å²) in [5.41, 5.74) is 1.76. The van der Waals surface area contributed by atoms with E-state index in [1.807, 2.05) is 30.3 Å². The fourth-order valence-electron chi connectivity index (χ4n) is 3.46. The molecule has 1 aliphatic heterocycles. The predicted molar refractivity (Wildman–Crippen MR) is 123 cm³/mol. The van der Waals surface area contributed by atoms with Gasteiger partial charge in [0.1, 0.15) is 11.3 Å². The number of hydrogen-bond acceptors (Lipinski definition) is 7. The van der Waals surface area contributed by atoms with E-state index in [2.05, 4.69) is 10.3 Å². The van der Waals surface area contributed by atoms with Gasteiger partial charge in [0.2, 0.25) is 16.8 Å². The second kappa shape index (κ2) is 7.82. The van der Waals surface area contributed by atoms with Gasteiger partial charge in [-0.1, -0.05) is 18.2 Å². The molecule has 9 nitrogen and oxygen atoms in total. The van der Waals surface area contributed by atoms with Gasteiger partial charge in [0, 0.05) is 35.9 Å². The number of carbonyl (C=O) groups is 1. The maximum absolute atomic E-state index is 13.2. The first-order valence-electron chi connectivity index (χ1n) is 9.93. The van der Waals surface area contributed by atoms with Gasteiger partial charge in [-0.05, 0) is 30.3 Å². The molecule has 0 saturated heterocycles. The number of hydrogen-bond donors (Lipinski definition) is 1. The number of benzene rings is 2. The second-order valence-corrected chi connectivity index (χ2v) is 9.51. The zero-order chi connectivity index (χ0) is 23.2. The maximum Gasteiger partial charge on any atom is 0.259 e. The van der Waals surface area contributed by atoms with Crippen molar-refractivity contribution in [3.8, 4) is 22.8 Å². The van der Waals surface area contributed by atoms with Crippen LogP contribution in [0.5, 0.6) is 11.5 Å². The third kappa shape index (κ3) is 3.96. The SMILES string of the molecule is CN(c1ncc(-c2cc3ccccc3o2)cc1C(=O)Nc1ccc2c(c1)OCO2)S(C)(=O)=O. The molecule has 0 fully saturated rings. The van der Waals surface area contributed by atoms with Crippen LogP contribution in [0.1, 0.15) is 10.4 Å². The molecular weight excluding hydrogens is 446 g/mol. The summed E-state index contributed by atoms with van der Waals surface area (Å²) < 4.78 is 41.8. The number of fused-ring (bicyclic) bond motifs is 2. The van der Waals surface area contributed by atoms with E-state index in [9.17, 15) is 13.2 Å². The number of para-hydroxylation sites is 1. The Balaban J connectivity index is 1.56. The summed E-state index contributed by atoms with van der Waals surface area (Å²) in [6.45, 7) is 0.111. The fourth-order valence-corrected chi connectivity index (χ4v) is 3.92. The molecule has 10 heteroatoms. The molecule has 1 N–H and O–H groups in total. The summed E-state index contributed by atoms with van der Waals surface area (Å²) in [5.74, 6) is 1.06. The maximum atomic E-state index is 13.2. The number of rotatable bonds is 5. The van der Waals surface area contributed by atoms with Crippen LogP contribution in [0.2, 0.25) is 0 Å². The molecule has 0 radical (unpaired) electrons. The summed E-state index contributed by atoms with van der Waals surface area (Å²) in [7, 11) is -2.32. The molecule has 2 aromatic heterocycles. The van der Waals surface area contributed by atoms with Crippen LogP contribution < -0.4 is 19.1 Å². The molecule has 5 rings (SSSR count). The van der Waals surface area contributed by atoms with Crippen molar-refractivity contribution in [3.05, 3.63) is 66.4 Å². The molecule has 2 aromatic carbocycles. The zero-order valence-electron chi connectivity index (χ0n) is 17.7. The van der Waals surface area contributed by atoms with Crippen LogP contribution in [0.3, 0.4) is 0 Å². The average Bonchev–Trinajstić information content (AvgIpc) is 3.44. The fraction of sp³-hybridized carbons (Fsp3) is 0.130. The van der Waals surface area contributed by atoms with Crippen LogP contribution in [0.15, 0.2) is 65.2 Å². The lowest BCUT2D eigenvalue weighted by Crippen LogP contribution is -2.28. The quantitative estimate of drug-likeness (QED) is 0.476. The van der Waals surface area contributed by atoms with Crippen molar-refractivity contribution < 1.29 is 27.1 Å². The number of sulfonamides is 1. The molecule has 0 atom stereocenters. The lowest BCUT2D eigenvalue weighted by atomic mass is 10.1. The Kier molecular flexibility index (Phi) is 4.94. The monoisotopic (exact) mass is 465 g/mol. The smallest absolute Gasteiger partial charge is 0.259 e. The average molecular weight is 465 g/mol. The number of pyridine rings is 1. The molecule has 0 saturated carbocycles.